The van der Waals surface area contributed by atoms with Crippen LogP contribution >= 0.6 is 0 Å². The van der Waals surface area contributed by atoms with Gasteiger partial charge < -0.3 is 25.3 Å². The van der Waals surface area contributed by atoms with Crippen molar-refractivity contribution in [2.24, 2.45) is 5.73 Å². The van der Waals surface area contributed by atoms with Gasteiger partial charge in [-0.3, -0.25) is 4.79 Å². The molecule has 1 aliphatic rings. The van der Waals surface area contributed by atoms with Crippen LogP contribution in [0.25, 0.3) is 0 Å². The van der Waals surface area contributed by atoms with Crippen molar-refractivity contribution in [3.63, 3.8) is 0 Å². The van der Waals surface area contributed by atoms with E-state index in [4.69, 9.17) is 19.9 Å². The zero-order valence-electron chi connectivity index (χ0n) is 11.8. The molecule has 0 bridgehead atoms. The molecular weight excluding hydrogens is 260 g/mol. The number of nitrogens with one attached hydrogen (secondary N) is 1. The van der Waals surface area contributed by atoms with Crippen LogP contribution in [-0.4, -0.2) is 38.9 Å². The molecule has 1 aromatic rings. The second-order valence-electron chi connectivity index (χ2n) is 4.79. The highest BCUT2D eigenvalue weighted by Crippen LogP contribution is 2.30. The predicted octanol–water partition coefficient (Wildman–Crippen LogP) is 1.15. The third-order valence-electron chi connectivity index (χ3n) is 3.48. The number of benzene rings is 1. The molecule has 2 rings (SSSR count). The topological polar surface area (TPSA) is 82.8 Å². The van der Waals surface area contributed by atoms with E-state index in [0.29, 0.717) is 43.2 Å². The van der Waals surface area contributed by atoms with E-state index >= 15 is 0 Å². The Bertz CT molecular complexity index is 484. The lowest BCUT2D eigenvalue weighted by atomic mass is 9.90. The molecule has 1 fully saturated rings. The lowest BCUT2D eigenvalue weighted by Crippen LogP contribution is -2.54. The van der Waals surface area contributed by atoms with Crippen molar-refractivity contribution < 1.29 is 19.0 Å². The number of hydrogen-bond donors (Lipinski definition) is 2. The second kappa shape index (κ2) is 6.11. The van der Waals surface area contributed by atoms with Gasteiger partial charge in [0.05, 0.1) is 14.2 Å². The van der Waals surface area contributed by atoms with Crippen LogP contribution in [-0.2, 0) is 9.53 Å². The number of methoxy groups -OCH3 is 2. The second-order valence-corrected chi connectivity index (χ2v) is 4.79. The zero-order chi connectivity index (χ0) is 14.6. The van der Waals surface area contributed by atoms with Gasteiger partial charge in [-0.1, -0.05) is 0 Å². The average Bonchev–Trinajstić information content (AvgIpc) is 2.47. The van der Waals surface area contributed by atoms with Gasteiger partial charge in [0.25, 0.3) is 0 Å². The smallest absolute Gasteiger partial charge is 0.244 e. The largest absolute Gasteiger partial charge is 0.493 e. The lowest BCUT2D eigenvalue weighted by molar-refractivity contribution is -0.124. The minimum atomic E-state index is -0.870. The summed E-state index contributed by atoms with van der Waals surface area (Å²) in [5.41, 5.74) is 5.89. The van der Waals surface area contributed by atoms with Gasteiger partial charge in [-0.25, -0.2) is 0 Å². The fraction of sp³-hybridized carbons (Fsp3) is 0.500. The minimum Gasteiger partial charge on any atom is -0.493 e. The molecule has 0 unspecified atom stereocenters. The van der Waals surface area contributed by atoms with E-state index in [1.54, 1.807) is 32.4 Å². The van der Waals surface area contributed by atoms with E-state index in [2.05, 4.69) is 5.32 Å². The molecule has 3 N–H and O–H groups in total. The Morgan fingerprint density at radius 2 is 1.90 bits per heavy atom. The van der Waals surface area contributed by atoms with Crippen LogP contribution in [0.5, 0.6) is 11.5 Å². The summed E-state index contributed by atoms with van der Waals surface area (Å²) in [6.45, 7) is 1.02. The predicted molar refractivity (Wildman–Crippen MR) is 75.1 cm³/mol. The van der Waals surface area contributed by atoms with Crippen LogP contribution < -0.4 is 20.5 Å². The lowest BCUT2D eigenvalue weighted by Gasteiger charge is -2.31. The number of carbonyl (C=O) groups excluding carboxylic acids is 1. The molecule has 1 saturated heterocycles. The highest BCUT2D eigenvalue weighted by Gasteiger charge is 2.35. The van der Waals surface area contributed by atoms with Crippen molar-refractivity contribution >= 4 is 11.6 Å². The van der Waals surface area contributed by atoms with Gasteiger partial charge in [-0.15, -0.1) is 0 Å². The normalized spacial score (nSPS) is 17.4. The maximum Gasteiger partial charge on any atom is 0.244 e. The minimum absolute atomic E-state index is 0.201. The van der Waals surface area contributed by atoms with Gasteiger partial charge in [-0.05, 0) is 25.0 Å². The molecule has 6 heteroatoms. The first-order valence-corrected chi connectivity index (χ1v) is 6.49. The summed E-state index contributed by atoms with van der Waals surface area (Å²) >= 11 is 0. The van der Waals surface area contributed by atoms with Crippen LogP contribution in [0.4, 0.5) is 5.69 Å². The van der Waals surface area contributed by atoms with Crippen molar-refractivity contribution in [1.29, 1.82) is 0 Å². The first-order chi connectivity index (χ1) is 9.59. The summed E-state index contributed by atoms with van der Waals surface area (Å²) < 4.78 is 15.6. The molecule has 0 atom stereocenters. The Balaban J connectivity index is 2.11. The molecule has 6 nitrogen and oxygen atoms in total. The Labute approximate surface area is 118 Å². The van der Waals surface area contributed by atoms with E-state index in [0.717, 1.165) is 0 Å². The van der Waals surface area contributed by atoms with Crippen LogP contribution in [0.2, 0.25) is 0 Å². The number of amides is 1. The van der Waals surface area contributed by atoms with Crippen LogP contribution in [0, 0.1) is 0 Å². The van der Waals surface area contributed by atoms with Gasteiger partial charge >= 0.3 is 0 Å². The van der Waals surface area contributed by atoms with Crippen LogP contribution in [0.15, 0.2) is 18.2 Å². The molecule has 0 radical (unpaired) electrons. The molecule has 0 aliphatic carbocycles. The number of rotatable bonds is 4. The first kappa shape index (κ1) is 14.6. The summed E-state index contributed by atoms with van der Waals surface area (Å²) in [5.74, 6) is 0.968. The molecule has 1 amide bonds. The van der Waals surface area contributed by atoms with Crippen LogP contribution in [0.1, 0.15) is 12.8 Å². The molecule has 0 saturated carbocycles. The molecule has 1 aliphatic heterocycles. The Hall–Kier alpha value is -1.79. The van der Waals surface area contributed by atoms with Gasteiger partial charge in [-0.2, -0.15) is 0 Å². The van der Waals surface area contributed by atoms with Crippen molar-refractivity contribution in [1.82, 2.24) is 0 Å². The highest BCUT2D eigenvalue weighted by atomic mass is 16.5. The van der Waals surface area contributed by atoms with Crippen LogP contribution in [0.3, 0.4) is 0 Å². The number of hydrogen-bond acceptors (Lipinski definition) is 5. The molecule has 1 aromatic carbocycles. The number of carbonyl (C=O) groups is 1. The zero-order valence-corrected chi connectivity index (χ0v) is 11.8. The van der Waals surface area contributed by atoms with E-state index < -0.39 is 5.54 Å². The number of anilines is 1. The number of nitrogens with two attached hydrogens (primary N) is 1. The average molecular weight is 280 g/mol. The monoisotopic (exact) mass is 280 g/mol. The van der Waals surface area contributed by atoms with Crippen molar-refractivity contribution in [2.45, 2.75) is 18.4 Å². The number of ether oxygens (including phenoxy) is 3. The first-order valence-electron chi connectivity index (χ1n) is 6.49. The van der Waals surface area contributed by atoms with E-state index in [1.165, 1.54) is 0 Å². The summed E-state index contributed by atoms with van der Waals surface area (Å²) in [6, 6.07) is 5.20. The standard InChI is InChI=1S/C14H20N2O4/c1-18-11-4-3-10(9-12(11)19-2)16-13(17)14(15)5-7-20-8-6-14/h3-4,9H,5-8,15H2,1-2H3,(H,16,17). The van der Waals surface area contributed by atoms with E-state index in [-0.39, 0.29) is 5.91 Å². The van der Waals surface area contributed by atoms with Crippen molar-refractivity contribution in [3.8, 4) is 11.5 Å². The van der Waals surface area contributed by atoms with Crippen molar-refractivity contribution in [3.05, 3.63) is 18.2 Å². The highest BCUT2D eigenvalue weighted by molar-refractivity contribution is 5.98. The Morgan fingerprint density at radius 1 is 1.25 bits per heavy atom. The molecule has 0 spiro atoms. The van der Waals surface area contributed by atoms with Gasteiger partial charge in [0, 0.05) is 25.0 Å². The SMILES string of the molecule is COc1ccc(NC(=O)C2(N)CCOCC2)cc1OC. The fourth-order valence-electron chi connectivity index (χ4n) is 2.13. The van der Waals surface area contributed by atoms with Crippen molar-refractivity contribution in [2.75, 3.05) is 32.8 Å². The van der Waals surface area contributed by atoms with E-state index in [9.17, 15) is 4.79 Å². The van der Waals surface area contributed by atoms with Gasteiger partial charge in [0.2, 0.25) is 5.91 Å². The molecule has 110 valence electrons. The molecule has 0 aromatic heterocycles. The Kier molecular flexibility index (Phi) is 4.46. The van der Waals surface area contributed by atoms with Gasteiger partial charge in [0.15, 0.2) is 11.5 Å². The van der Waals surface area contributed by atoms with Gasteiger partial charge in [0.1, 0.15) is 5.54 Å². The Morgan fingerprint density at radius 3 is 2.50 bits per heavy atom. The summed E-state index contributed by atoms with van der Waals surface area (Å²) in [7, 11) is 3.11. The summed E-state index contributed by atoms with van der Waals surface area (Å²) in [4.78, 5) is 12.3. The quantitative estimate of drug-likeness (QED) is 0.864. The molecule has 20 heavy (non-hydrogen) atoms. The molecule has 1 heterocycles. The van der Waals surface area contributed by atoms with E-state index in [1.807, 2.05) is 0 Å². The third-order valence-corrected chi connectivity index (χ3v) is 3.48. The maximum absolute atomic E-state index is 12.3. The summed E-state index contributed by atoms with van der Waals surface area (Å²) in [6.07, 6.45) is 1.04. The third kappa shape index (κ3) is 3.02. The summed E-state index contributed by atoms with van der Waals surface area (Å²) in [5, 5.41) is 2.82. The fourth-order valence-corrected chi connectivity index (χ4v) is 2.13. The maximum atomic E-state index is 12.3. The molecular formula is C14H20N2O4.